The van der Waals surface area contributed by atoms with Crippen LogP contribution in [-0.4, -0.2) is 4.75 Å². The Morgan fingerprint density at radius 1 is 1.06 bits per heavy atom. The highest BCUT2D eigenvalue weighted by Gasteiger charge is 2.26. The lowest BCUT2D eigenvalue weighted by molar-refractivity contribution is 0.339. The number of hydrogen-bond donors (Lipinski definition) is 1. The van der Waals surface area contributed by atoms with Crippen LogP contribution in [0.1, 0.15) is 41.0 Å². The molecule has 16 heavy (non-hydrogen) atoms. The van der Waals surface area contributed by atoms with Crippen molar-refractivity contribution in [3.05, 3.63) is 24.3 Å². The van der Waals surface area contributed by atoms with Crippen LogP contribution in [0.3, 0.4) is 0 Å². The van der Waals surface area contributed by atoms with Gasteiger partial charge in [0.15, 0.2) is 0 Å². The second-order valence-corrected chi connectivity index (χ2v) is 7.89. The minimum absolute atomic E-state index is 0.216. The summed E-state index contributed by atoms with van der Waals surface area (Å²) in [6, 6.07) is 8.10. The maximum atomic E-state index is 5.97. The molecule has 0 bridgehead atoms. The van der Waals surface area contributed by atoms with Crippen molar-refractivity contribution in [1.29, 1.82) is 0 Å². The summed E-state index contributed by atoms with van der Waals surface area (Å²) in [5, 5.41) is 0. The van der Waals surface area contributed by atoms with Crippen LogP contribution in [0.4, 0.5) is 5.69 Å². The highest BCUT2D eigenvalue weighted by atomic mass is 32.2. The number of anilines is 1. The monoisotopic (exact) mass is 237 g/mol. The van der Waals surface area contributed by atoms with E-state index in [0.29, 0.717) is 5.41 Å². The van der Waals surface area contributed by atoms with Gasteiger partial charge in [-0.25, -0.2) is 0 Å². The SMILES string of the molecule is CC(C)(C)CC(C)(C)Sc1ccccc1N. The molecule has 90 valence electrons. The zero-order valence-electron chi connectivity index (χ0n) is 11.0. The van der Waals surface area contributed by atoms with Crippen LogP contribution in [0, 0.1) is 5.41 Å². The predicted octanol–water partition coefficient (Wildman–Crippen LogP) is 4.58. The maximum Gasteiger partial charge on any atom is 0.0452 e. The Morgan fingerprint density at radius 3 is 2.12 bits per heavy atom. The number of thioether (sulfide) groups is 1. The van der Waals surface area contributed by atoms with Crippen molar-refractivity contribution in [3.63, 3.8) is 0 Å². The van der Waals surface area contributed by atoms with Crippen LogP contribution in [-0.2, 0) is 0 Å². The topological polar surface area (TPSA) is 26.0 Å². The molecule has 0 aromatic heterocycles. The van der Waals surface area contributed by atoms with E-state index in [1.165, 1.54) is 11.3 Å². The summed E-state index contributed by atoms with van der Waals surface area (Å²) in [6.45, 7) is 11.4. The lowest BCUT2D eigenvalue weighted by Gasteiger charge is -2.32. The van der Waals surface area contributed by atoms with Gasteiger partial charge in [0.2, 0.25) is 0 Å². The zero-order chi connectivity index (χ0) is 12.4. The summed E-state index contributed by atoms with van der Waals surface area (Å²) in [5.41, 5.74) is 7.20. The molecule has 1 aromatic carbocycles. The Labute approximate surface area is 104 Å². The molecule has 0 saturated carbocycles. The lowest BCUT2D eigenvalue weighted by atomic mass is 9.86. The van der Waals surface area contributed by atoms with Gasteiger partial charge in [-0.1, -0.05) is 46.8 Å². The molecule has 0 aliphatic heterocycles. The summed E-state index contributed by atoms with van der Waals surface area (Å²) in [4.78, 5) is 1.19. The molecule has 1 aromatic rings. The first-order valence-electron chi connectivity index (χ1n) is 5.73. The highest BCUT2D eigenvalue weighted by Crippen LogP contribution is 2.42. The van der Waals surface area contributed by atoms with E-state index in [2.05, 4.69) is 40.7 Å². The Morgan fingerprint density at radius 2 is 1.62 bits per heavy atom. The molecule has 0 amide bonds. The Bertz CT molecular complexity index is 350. The number of hydrogen-bond acceptors (Lipinski definition) is 2. The van der Waals surface area contributed by atoms with Crippen molar-refractivity contribution in [2.24, 2.45) is 5.41 Å². The molecule has 0 heterocycles. The van der Waals surface area contributed by atoms with E-state index in [4.69, 9.17) is 5.73 Å². The molecular formula is C14H23NS. The van der Waals surface area contributed by atoms with Crippen LogP contribution >= 0.6 is 11.8 Å². The minimum Gasteiger partial charge on any atom is -0.398 e. The number of nitrogen functional groups attached to an aromatic ring is 1. The van der Waals surface area contributed by atoms with Crippen LogP contribution in [0.25, 0.3) is 0 Å². The predicted molar refractivity (Wildman–Crippen MR) is 74.9 cm³/mol. The van der Waals surface area contributed by atoms with Crippen LogP contribution in [0.5, 0.6) is 0 Å². The third-order valence-electron chi connectivity index (χ3n) is 2.26. The fourth-order valence-corrected chi connectivity index (χ4v) is 3.62. The van der Waals surface area contributed by atoms with E-state index in [9.17, 15) is 0 Å². The first-order chi connectivity index (χ1) is 7.20. The molecule has 2 heteroatoms. The van der Waals surface area contributed by atoms with Gasteiger partial charge in [0.25, 0.3) is 0 Å². The van der Waals surface area contributed by atoms with Gasteiger partial charge in [-0.3, -0.25) is 0 Å². The van der Waals surface area contributed by atoms with E-state index in [1.807, 2.05) is 30.0 Å². The van der Waals surface area contributed by atoms with Crippen LogP contribution in [0.15, 0.2) is 29.2 Å². The first-order valence-corrected chi connectivity index (χ1v) is 6.55. The van der Waals surface area contributed by atoms with E-state index in [1.54, 1.807) is 0 Å². The van der Waals surface area contributed by atoms with Crippen molar-refractivity contribution in [3.8, 4) is 0 Å². The van der Waals surface area contributed by atoms with E-state index in [0.717, 1.165) is 5.69 Å². The van der Waals surface area contributed by atoms with Crippen molar-refractivity contribution >= 4 is 17.4 Å². The molecule has 0 spiro atoms. The molecule has 0 atom stereocenters. The molecule has 1 rings (SSSR count). The number of benzene rings is 1. The minimum atomic E-state index is 0.216. The summed E-state index contributed by atoms with van der Waals surface area (Å²) >= 11 is 1.87. The van der Waals surface area contributed by atoms with Crippen molar-refractivity contribution < 1.29 is 0 Å². The standard InChI is InChI=1S/C14H23NS/c1-13(2,3)10-14(4,5)16-12-9-7-6-8-11(12)15/h6-9H,10,15H2,1-5H3. The zero-order valence-corrected chi connectivity index (χ0v) is 11.8. The lowest BCUT2D eigenvalue weighted by Crippen LogP contribution is -2.23. The molecule has 1 nitrogen and oxygen atoms in total. The fraction of sp³-hybridized carbons (Fsp3) is 0.571. The maximum absolute atomic E-state index is 5.97. The Kier molecular flexibility index (Phi) is 3.95. The van der Waals surface area contributed by atoms with Crippen LogP contribution < -0.4 is 5.73 Å². The van der Waals surface area contributed by atoms with Crippen LogP contribution in [0.2, 0.25) is 0 Å². The van der Waals surface area contributed by atoms with Gasteiger partial charge in [0, 0.05) is 15.3 Å². The molecule has 0 radical (unpaired) electrons. The smallest absolute Gasteiger partial charge is 0.0452 e. The number of para-hydroxylation sites is 1. The van der Waals surface area contributed by atoms with Gasteiger partial charge in [0.1, 0.15) is 0 Å². The Balaban J connectivity index is 2.77. The van der Waals surface area contributed by atoms with Gasteiger partial charge in [-0.2, -0.15) is 0 Å². The molecule has 0 saturated heterocycles. The average Bonchev–Trinajstić information content (AvgIpc) is 2.04. The van der Waals surface area contributed by atoms with Crippen molar-refractivity contribution in [2.45, 2.75) is 50.7 Å². The summed E-state index contributed by atoms with van der Waals surface area (Å²) in [7, 11) is 0. The largest absolute Gasteiger partial charge is 0.398 e. The molecule has 0 unspecified atom stereocenters. The fourth-order valence-electron chi connectivity index (χ4n) is 2.18. The molecule has 0 aliphatic carbocycles. The van der Waals surface area contributed by atoms with Gasteiger partial charge < -0.3 is 5.73 Å². The van der Waals surface area contributed by atoms with E-state index in [-0.39, 0.29) is 4.75 Å². The van der Waals surface area contributed by atoms with Gasteiger partial charge in [-0.15, -0.1) is 11.8 Å². The molecule has 0 fully saturated rings. The second kappa shape index (κ2) is 4.70. The summed E-state index contributed by atoms with van der Waals surface area (Å²) < 4.78 is 0.216. The quantitative estimate of drug-likeness (QED) is 0.615. The summed E-state index contributed by atoms with van der Waals surface area (Å²) in [6.07, 6.45) is 1.17. The third kappa shape index (κ3) is 4.48. The molecular weight excluding hydrogens is 214 g/mol. The highest BCUT2D eigenvalue weighted by molar-refractivity contribution is 8.00. The molecule has 2 N–H and O–H groups in total. The first kappa shape index (κ1) is 13.4. The third-order valence-corrected chi connectivity index (χ3v) is 3.55. The number of rotatable bonds is 3. The van der Waals surface area contributed by atoms with Crippen molar-refractivity contribution in [1.82, 2.24) is 0 Å². The van der Waals surface area contributed by atoms with Gasteiger partial charge in [0.05, 0.1) is 0 Å². The number of nitrogens with two attached hydrogens (primary N) is 1. The normalized spacial score (nSPS) is 12.8. The summed E-state index contributed by atoms with van der Waals surface area (Å²) in [5.74, 6) is 0. The van der Waals surface area contributed by atoms with Gasteiger partial charge in [-0.05, 0) is 24.0 Å². The van der Waals surface area contributed by atoms with E-state index >= 15 is 0 Å². The average molecular weight is 237 g/mol. The van der Waals surface area contributed by atoms with Gasteiger partial charge >= 0.3 is 0 Å². The van der Waals surface area contributed by atoms with Crippen molar-refractivity contribution in [2.75, 3.05) is 5.73 Å². The second-order valence-electron chi connectivity index (χ2n) is 6.14. The Hall–Kier alpha value is -0.630. The molecule has 0 aliphatic rings. The van der Waals surface area contributed by atoms with E-state index < -0.39 is 0 Å².